The first-order valence-corrected chi connectivity index (χ1v) is 15.8. The Morgan fingerprint density at radius 3 is 2.02 bits per heavy atom. The first kappa shape index (κ1) is 32.2. The van der Waals surface area contributed by atoms with Gasteiger partial charge >= 0.3 is 0 Å². The molecule has 0 saturated carbocycles. The molecule has 3 aromatic carbocycles. The molecule has 0 radical (unpaired) electrons. The fraction of sp³-hybridized carbons (Fsp3) is 0.375. The molecule has 220 valence electrons. The average molecular weight is 598 g/mol. The lowest BCUT2D eigenvalue weighted by atomic mass is 10.0. The largest absolute Gasteiger partial charge is 0.350 e. The molecular formula is C32H40ClN3O4S. The summed E-state index contributed by atoms with van der Waals surface area (Å²) < 4.78 is 27.0. The second kappa shape index (κ2) is 13.5. The molecule has 41 heavy (non-hydrogen) atoms. The molecule has 0 aliphatic rings. The molecule has 0 unspecified atom stereocenters. The van der Waals surface area contributed by atoms with Gasteiger partial charge in [0.1, 0.15) is 12.6 Å². The molecule has 2 amide bonds. The van der Waals surface area contributed by atoms with Crippen LogP contribution in [0.3, 0.4) is 0 Å². The number of anilines is 1. The number of sulfonamides is 1. The fourth-order valence-electron chi connectivity index (χ4n) is 4.46. The predicted octanol–water partition coefficient (Wildman–Crippen LogP) is 5.78. The molecule has 0 aliphatic heterocycles. The van der Waals surface area contributed by atoms with E-state index in [1.165, 1.54) is 4.90 Å². The molecule has 3 aromatic rings. The maximum Gasteiger partial charge on any atom is 0.244 e. The van der Waals surface area contributed by atoms with E-state index in [1.807, 2.05) is 69.3 Å². The third-order valence-corrected chi connectivity index (χ3v) is 8.10. The maximum atomic E-state index is 14.2. The van der Waals surface area contributed by atoms with E-state index in [4.69, 9.17) is 11.6 Å². The van der Waals surface area contributed by atoms with Crippen LogP contribution in [-0.4, -0.2) is 49.5 Å². The monoisotopic (exact) mass is 597 g/mol. The molecule has 7 nitrogen and oxygen atoms in total. The highest BCUT2D eigenvalue weighted by Crippen LogP contribution is 2.25. The van der Waals surface area contributed by atoms with Gasteiger partial charge in [-0.25, -0.2) is 8.42 Å². The Bertz CT molecular complexity index is 1440. The molecule has 0 fully saturated rings. The van der Waals surface area contributed by atoms with Gasteiger partial charge in [-0.2, -0.15) is 0 Å². The zero-order chi connectivity index (χ0) is 30.4. The Labute approximate surface area is 249 Å². The van der Waals surface area contributed by atoms with Crippen molar-refractivity contribution in [1.82, 2.24) is 10.2 Å². The average Bonchev–Trinajstić information content (AvgIpc) is 2.89. The van der Waals surface area contributed by atoms with Crippen LogP contribution in [0.2, 0.25) is 5.02 Å². The van der Waals surface area contributed by atoms with Crippen molar-refractivity contribution >= 4 is 39.1 Å². The highest BCUT2D eigenvalue weighted by molar-refractivity contribution is 7.92. The van der Waals surface area contributed by atoms with Crippen molar-refractivity contribution in [3.63, 3.8) is 0 Å². The van der Waals surface area contributed by atoms with Gasteiger partial charge in [-0.1, -0.05) is 86.1 Å². The molecule has 1 N–H and O–H groups in total. The van der Waals surface area contributed by atoms with E-state index in [1.54, 1.807) is 30.3 Å². The summed E-state index contributed by atoms with van der Waals surface area (Å²) in [5.74, 6) is -0.592. The zero-order valence-electron chi connectivity index (χ0n) is 24.6. The third kappa shape index (κ3) is 9.33. The molecule has 0 aromatic heterocycles. The standard InChI is InChI=1S/C32H40ClN3O4S/c1-23(2)25-16-18-27(19-17-25)36(41(6,39)40)22-30(37)35(21-26-14-10-11-15-28(26)33)29(31(38)34-32(3,4)5)20-24-12-8-7-9-13-24/h7-19,23,29H,20-22H2,1-6H3,(H,34,38)/t29-/m0/s1. The summed E-state index contributed by atoms with van der Waals surface area (Å²) in [6, 6.07) is 22.7. The van der Waals surface area contributed by atoms with Crippen molar-refractivity contribution in [3.05, 3.63) is 101 Å². The topological polar surface area (TPSA) is 86.8 Å². The highest BCUT2D eigenvalue weighted by atomic mass is 35.5. The number of benzene rings is 3. The van der Waals surface area contributed by atoms with Crippen molar-refractivity contribution in [2.24, 2.45) is 0 Å². The van der Waals surface area contributed by atoms with Crippen LogP contribution in [0.4, 0.5) is 5.69 Å². The number of halogens is 1. The van der Waals surface area contributed by atoms with Gasteiger partial charge in [0.25, 0.3) is 0 Å². The van der Waals surface area contributed by atoms with E-state index in [2.05, 4.69) is 19.2 Å². The van der Waals surface area contributed by atoms with Gasteiger partial charge in [0.05, 0.1) is 11.9 Å². The minimum absolute atomic E-state index is 0.0253. The van der Waals surface area contributed by atoms with Crippen molar-refractivity contribution in [2.75, 3.05) is 17.1 Å². The molecule has 0 heterocycles. The van der Waals surface area contributed by atoms with Crippen molar-refractivity contribution in [3.8, 4) is 0 Å². The maximum absolute atomic E-state index is 14.2. The minimum atomic E-state index is -3.84. The number of nitrogens with one attached hydrogen (secondary N) is 1. The Morgan fingerprint density at radius 2 is 1.49 bits per heavy atom. The Kier molecular flexibility index (Phi) is 10.6. The van der Waals surface area contributed by atoms with Crippen molar-refractivity contribution in [1.29, 1.82) is 0 Å². The first-order valence-electron chi connectivity index (χ1n) is 13.6. The molecule has 0 spiro atoms. The summed E-state index contributed by atoms with van der Waals surface area (Å²) in [6.45, 7) is 9.27. The van der Waals surface area contributed by atoms with Crippen molar-refractivity contribution < 1.29 is 18.0 Å². The molecule has 9 heteroatoms. The first-order chi connectivity index (χ1) is 19.2. The van der Waals surface area contributed by atoms with E-state index in [0.29, 0.717) is 16.3 Å². The van der Waals surface area contributed by atoms with Crippen molar-refractivity contribution in [2.45, 2.75) is 65.1 Å². The van der Waals surface area contributed by atoms with Crippen LogP contribution < -0.4 is 9.62 Å². The zero-order valence-corrected chi connectivity index (χ0v) is 26.2. The lowest BCUT2D eigenvalue weighted by Crippen LogP contribution is -2.56. The van der Waals surface area contributed by atoms with E-state index in [0.717, 1.165) is 21.7 Å². The summed E-state index contributed by atoms with van der Waals surface area (Å²) in [4.78, 5) is 29.4. The van der Waals surface area contributed by atoms with Crippen LogP contribution in [0.1, 0.15) is 57.2 Å². The summed E-state index contributed by atoms with van der Waals surface area (Å²) in [5, 5.41) is 3.46. The predicted molar refractivity (Wildman–Crippen MR) is 167 cm³/mol. The van der Waals surface area contributed by atoms with E-state index < -0.39 is 34.1 Å². The van der Waals surface area contributed by atoms with Crippen LogP contribution in [0.25, 0.3) is 0 Å². The smallest absolute Gasteiger partial charge is 0.244 e. The van der Waals surface area contributed by atoms with Crippen LogP contribution in [0.5, 0.6) is 0 Å². The molecular weight excluding hydrogens is 558 g/mol. The normalized spacial score (nSPS) is 12.6. The Hall–Kier alpha value is -3.36. The number of hydrogen-bond donors (Lipinski definition) is 1. The van der Waals surface area contributed by atoms with Gasteiger partial charge < -0.3 is 10.2 Å². The number of carbonyl (C=O) groups excluding carboxylic acids is 2. The molecule has 0 aliphatic carbocycles. The highest BCUT2D eigenvalue weighted by Gasteiger charge is 2.34. The lowest BCUT2D eigenvalue weighted by molar-refractivity contribution is -0.140. The summed E-state index contributed by atoms with van der Waals surface area (Å²) in [7, 11) is -3.84. The van der Waals surface area contributed by atoms with E-state index >= 15 is 0 Å². The Balaban J connectivity index is 2.07. The summed E-state index contributed by atoms with van der Waals surface area (Å²) in [6.07, 6.45) is 1.31. The van der Waals surface area contributed by atoms with Gasteiger partial charge in [0.2, 0.25) is 21.8 Å². The van der Waals surface area contributed by atoms with Crippen LogP contribution in [-0.2, 0) is 32.6 Å². The van der Waals surface area contributed by atoms with Crippen LogP contribution in [0.15, 0.2) is 78.9 Å². The molecule has 3 rings (SSSR count). The number of carbonyl (C=O) groups is 2. The number of amides is 2. The minimum Gasteiger partial charge on any atom is -0.350 e. The third-order valence-electron chi connectivity index (χ3n) is 6.59. The van der Waals surface area contributed by atoms with E-state index in [9.17, 15) is 18.0 Å². The van der Waals surface area contributed by atoms with E-state index in [-0.39, 0.29) is 24.8 Å². The molecule has 0 saturated heterocycles. The molecule has 1 atom stereocenters. The van der Waals surface area contributed by atoms with Gasteiger partial charge in [0.15, 0.2) is 0 Å². The number of rotatable bonds is 11. The van der Waals surface area contributed by atoms with Gasteiger partial charge in [-0.3, -0.25) is 13.9 Å². The summed E-state index contributed by atoms with van der Waals surface area (Å²) >= 11 is 6.49. The molecule has 0 bridgehead atoms. The lowest BCUT2D eigenvalue weighted by Gasteiger charge is -2.35. The fourth-order valence-corrected chi connectivity index (χ4v) is 5.50. The van der Waals surface area contributed by atoms with Gasteiger partial charge in [-0.15, -0.1) is 0 Å². The SMILES string of the molecule is CC(C)c1ccc(N(CC(=O)N(Cc2ccccc2Cl)[C@@H](Cc2ccccc2)C(=O)NC(C)(C)C)S(C)(=O)=O)cc1. The summed E-state index contributed by atoms with van der Waals surface area (Å²) in [5.41, 5.74) is 2.39. The number of hydrogen-bond acceptors (Lipinski definition) is 4. The quantitative estimate of drug-likeness (QED) is 0.303. The van der Waals surface area contributed by atoms with Crippen LogP contribution in [0, 0.1) is 0 Å². The second-order valence-electron chi connectivity index (χ2n) is 11.6. The van der Waals surface area contributed by atoms with Gasteiger partial charge in [0, 0.05) is 23.5 Å². The van der Waals surface area contributed by atoms with Crippen LogP contribution >= 0.6 is 11.6 Å². The second-order valence-corrected chi connectivity index (χ2v) is 13.9. The van der Waals surface area contributed by atoms with Gasteiger partial charge in [-0.05, 0) is 61.6 Å². The Morgan fingerprint density at radius 1 is 0.902 bits per heavy atom. The number of nitrogens with zero attached hydrogens (tertiary/aromatic N) is 2.